The molecule has 1 N–H and O–H groups in total. The minimum absolute atomic E-state index is 0.0625. The van der Waals surface area contributed by atoms with E-state index in [1.165, 1.54) is 12.1 Å². The summed E-state index contributed by atoms with van der Waals surface area (Å²) in [5, 5.41) is 22.9. The molecule has 0 aliphatic heterocycles. The highest BCUT2D eigenvalue weighted by atomic mass is 16.6. The maximum atomic E-state index is 11.0. The molecule has 0 radical (unpaired) electrons. The third kappa shape index (κ3) is 2.59. The standard InChI is InChI=1S/C13H12N4O3/c1-2-7-15-13-10(8-14)16-12(20-13)9-5-3-4-6-11(9)17(18)19/h3-6,15H,2,7H2,1H3. The van der Waals surface area contributed by atoms with Gasteiger partial charge >= 0.3 is 0 Å². The molecule has 1 aromatic carbocycles. The Hall–Kier alpha value is -2.88. The zero-order valence-corrected chi connectivity index (χ0v) is 10.8. The van der Waals surface area contributed by atoms with Crippen molar-refractivity contribution in [3.63, 3.8) is 0 Å². The fraction of sp³-hybridized carbons (Fsp3) is 0.231. The number of para-hydroxylation sites is 1. The quantitative estimate of drug-likeness (QED) is 0.662. The summed E-state index contributed by atoms with van der Waals surface area (Å²) in [7, 11) is 0. The van der Waals surface area contributed by atoms with Crippen LogP contribution in [0.4, 0.5) is 11.6 Å². The lowest BCUT2D eigenvalue weighted by Gasteiger charge is -1.99. The number of aromatic nitrogens is 1. The molecule has 2 rings (SSSR count). The van der Waals surface area contributed by atoms with Crippen molar-refractivity contribution < 1.29 is 9.34 Å². The van der Waals surface area contributed by atoms with E-state index in [2.05, 4.69) is 10.3 Å². The molecular weight excluding hydrogens is 260 g/mol. The molecule has 0 bridgehead atoms. The zero-order chi connectivity index (χ0) is 14.5. The Morgan fingerprint density at radius 1 is 1.50 bits per heavy atom. The number of hydrogen-bond donors (Lipinski definition) is 1. The van der Waals surface area contributed by atoms with Gasteiger partial charge in [0.05, 0.1) is 4.92 Å². The van der Waals surface area contributed by atoms with Gasteiger partial charge in [0.2, 0.25) is 17.5 Å². The summed E-state index contributed by atoms with van der Waals surface area (Å²) in [6, 6.07) is 8.02. The Morgan fingerprint density at radius 3 is 2.90 bits per heavy atom. The van der Waals surface area contributed by atoms with E-state index in [1.54, 1.807) is 12.1 Å². The lowest BCUT2D eigenvalue weighted by Crippen LogP contribution is -1.99. The molecular formula is C13H12N4O3. The summed E-state index contributed by atoms with van der Waals surface area (Å²) < 4.78 is 5.44. The lowest BCUT2D eigenvalue weighted by molar-refractivity contribution is -0.384. The van der Waals surface area contributed by atoms with Crippen LogP contribution in [0.5, 0.6) is 0 Å². The molecule has 0 aliphatic rings. The van der Waals surface area contributed by atoms with Crippen LogP contribution in [0, 0.1) is 21.4 Å². The van der Waals surface area contributed by atoms with Crippen LogP contribution in [0.1, 0.15) is 19.0 Å². The van der Waals surface area contributed by atoms with Gasteiger partial charge in [0.15, 0.2) is 0 Å². The highest BCUT2D eigenvalue weighted by Gasteiger charge is 2.21. The second-order valence-corrected chi connectivity index (χ2v) is 4.01. The first-order valence-electron chi connectivity index (χ1n) is 6.06. The van der Waals surface area contributed by atoms with Gasteiger partial charge < -0.3 is 9.73 Å². The number of rotatable bonds is 5. The number of benzene rings is 1. The second-order valence-electron chi connectivity index (χ2n) is 4.01. The Kier molecular flexibility index (Phi) is 3.96. The largest absolute Gasteiger partial charge is 0.419 e. The first-order valence-corrected chi connectivity index (χ1v) is 6.06. The monoisotopic (exact) mass is 272 g/mol. The predicted molar refractivity (Wildman–Crippen MR) is 72.1 cm³/mol. The van der Waals surface area contributed by atoms with Crippen LogP contribution < -0.4 is 5.32 Å². The van der Waals surface area contributed by atoms with Crippen LogP contribution in [0.25, 0.3) is 11.5 Å². The summed E-state index contributed by atoms with van der Waals surface area (Å²) in [5.74, 6) is 0.301. The van der Waals surface area contributed by atoms with Crippen LogP contribution >= 0.6 is 0 Å². The Morgan fingerprint density at radius 2 is 2.25 bits per heavy atom. The van der Waals surface area contributed by atoms with Gasteiger partial charge in [0.25, 0.3) is 5.69 Å². The van der Waals surface area contributed by atoms with Crippen LogP contribution in [0.15, 0.2) is 28.7 Å². The molecule has 7 heteroatoms. The Bertz CT molecular complexity index is 672. The average molecular weight is 272 g/mol. The van der Waals surface area contributed by atoms with Gasteiger partial charge in [-0.15, -0.1) is 0 Å². The van der Waals surface area contributed by atoms with E-state index in [0.29, 0.717) is 6.54 Å². The minimum Gasteiger partial charge on any atom is -0.419 e. The normalized spacial score (nSPS) is 10.0. The number of nitrogens with one attached hydrogen (secondary N) is 1. The van der Waals surface area contributed by atoms with E-state index >= 15 is 0 Å². The van der Waals surface area contributed by atoms with Crippen molar-refractivity contribution in [1.82, 2.24) is 4.98 Å². The van der Waals surface area contributed by atoms with E-state index in [4.69, 9.17) is 9.68 Å². The van der Waals surface area contributed by atoms with Crippen molar-refractivity contribution >= 4 is 11.6 Å². The number of nitrogens with zero attached hydrogens (tertiary/aromatic N) is 3. The summed E-state index contributed by atoms with van der Waals surface area (Å²) in [5.41, 5.74) is 0.227. The van der Waals surface area contributed by atoms with Crippen molar-refractivity contribution in [3.05, 3.63) is 40.1 Å². The maximum Gasteiger partial charge on any atom is 0.282 e. The summed E-state index contributed by atoms with van der Waals surface area (Å²) in [4.78, 5) is 14.5. The number of nitro benzene ring substituents is 1. The minimum atomic E-state index is -0.509. The van der Waals surface area contributed by atoms with E-state index in [-0.39, 0.29) is 28.7 Å². The molecule has 0 aliphatic carbocycles. The van der Waals surface area contributed by atoms with Gasteiger partial charge in [-0.1, -0.05) is 19.1 Å². The molecule has 0 amide bonds. The van der Waals surface area contributed by atoms with Gasteiger partial charge in [-0.05, 0) is 12.5 Å². The fourth-order valence-corrected chi connectivity index (χ4v) is 1.68. The molecule has 102 valence electrons. The summed E-state index contributed by atoms with van der Waals surface area (Å²) >= 11 is 0. The number of anilines is 1. The second kappa shape index (κ2) is 5.84. The van der Waals surface area contributed by atoms with E-state index in [9.17, 15) is 10.1 Å². The number of nitriles is 1. The van der Waals surface area contributed by atoms with Crippen molar-refractivity contribution in [1.29, 1.82) is 5.26 Å². The van der Waals surface area contributed by atoms with Crippen molar-refractivity contribution in [2.24, 2.45) is 0 Å². The van der Waals surface area contributed by atoms with Crippen LogP contribution in [0.2, 0.25) is 0 Å². The summed E-state index contributed by atoms with van der Waals surface area (Å²) in [6.07, 6.45) is 0.854. The van der Waals surface area contributed by atoms with Crippen LogP contribution in [-0.2, 0) is 0 Å². The molecule has 1 heterocycles. The molecule has 1 aromatic heterocycles. The fourth-order valence-electron chi connectivity index (χ4n) is 1.68. The number of oxazole rings is 1. The molecule has 0 saturated carbocycles. The van der Waals surface area contributed by atoms with Gasteiger partial charge in [-0.2, -0.15) is 10.2 Å². The highest BCUT2D eigenvalue weighted by Crippen LogP contribution is 2.31. The SMILES string of the molecule is CCCNc1oc(-c2ccccc2[N+](=O)[O-])nc1C#N. The topological polar surface area (TPSA) is 105 Å². The molecule has 20 heavy (non-hydrogen) atoms. The molecule has 0 atom stereocenters. The molecule has 2 aromatic rings. The van der Waals surface area contributed by atoms with Crippen LogP contribution in [0.3, 0.4) is 0 Å². The van der Waals surface area contributed by atoms with Gasteiger partial charge in [0, 0.05) is 12.6 Å². The first-order chi connectivity index (χ1) is 9.67. The highest BCUT2D eigenvalue weighted by molar-refractivity contribution is 5.68. The Balaban J connectivity index is 2.46. The van der Waals surface area contributed by atoms with E-state index in [0.717, 1.165) is 6.42 Å². The van der Waals surface area contributed by atoms with Gasteiger partial charge in [0.1, 0.15) is 11.6 Å². The van der Waals surface area contributed by atoms with Gasteiger partial charge in [-0.25, -0.2) is 0 Å². The number of hydrogen-bond acceptors (Lipinski definition) is 6. The smallest absolute Gasteiger partial charge is 0.282 e. The van der Waals surface area contributed by atoms with Crippen LogP contribution in [-0.4, -0.2) is 16.5 Å². The zero-order valence-electron chi connectivity index (χ0n) is 10.8. The molecule has 0 fully saturated rings. The predicted octanol–water partition coefficient (Wildman–Crippen LogP) is 2.94. The first kappa shape index (κ1) is 13.5. The molecule has 7 nitrogen and oxygen atoms in total. The van der Waals surface area contributed by atoms with Crippen molar-refractivity contribution in [2.45, 2.75) is 13.3 Å². The molecule has 0 spiro atoms. The van der Waals surface area contributed by atoms with E-state index in [1.807, 2.05) is 13.0 Å². The average Bonchev–Trinajstić information content (AvgIpc) is 2.88. The number of nitro groups is 1. The molecule has 0 unspecified atom stereocenters. The third-order valence-electron chi connectivity index (χ3n) is 2.60. The van der Waals surface area contributed by atoms with Crippen molar-refractivity contribution in [2.75, 3.05) is 11.9 Å². The van der Waals surface area contributed by atoms with E-state index < -0.39 is 4.92 Å². The van der Waals surface area contributed by atoms with Crippen molar-refractivity contribution in [3.8, 4) is 17.5 Å². The van der Waals surface area contributed by atoms with Gasteiger partial charge in [-0.3, -0.25) is 10.1 Å². The maximum absolute atomic E-state index is 11.0. The third-order valence-corrected chi connectivity index (χ3v) is 2.60. The Labute approximate surface area is 115 Å². The lowest BCUT2D eigenvalue weighted by atomic mass is 10.2. The molecule has 0 saturated heterocycles. The summed E-state index contributed by atoms with van der Waals surface area (Å²) in [6.45, 7) is 2.60.